The first-order valence-electron chi connectivity index (χ1n) is 8.10. The zero-order valence-electron chi connectivity index (χ0n) is 13.1. The molecule has 2 atom stereocenters. The molecule has 2 rings (SSSR count). The van der Waals surface area contributed by atoms with Gasteiger partial charge in [-0.2, -0.15) is 0 Å². The molecule has 1 heterocycles. The highest BCUT2D eigenvalue weighted by Crippen LogP contribution is 2.31. The molecular weight excluding hydrogens is 270 g/mol. The Hall–Kier alpha value is -1.10. The van der Waals surface area contributed by atoms with Crippen molar-refractivity contribution in [3.63, 3.8) is 0 Å². The van der Waals surface area contributed by atoms with Gasteiger partial charge < -0.3 is 14.7 Å². The number of aliphatic carboxylic acids is 1. The lowest BCUT2D eigenvalue weighted by Gasteiger charge is -2.26. The Morgan fingerprint density at radius 2 is 1.86 bits per heavy atom. The Balaban J connectivity index is 1.86. The van der Waals surface area contributed by atoms with Crippen LogP contribution >= 0.6 is 0 Å². The van der Waals surface area contributed by atoms with Gasteiger partial charge in [0.15, 0.2) is 0 Å². The van der Waals surface area contributed by atoms with Crippen LogP contribution in [0.4, 0.5) is 0 Å². The number of carbonyl (C=O) groups is 2. The third-order valence-electron chi connectivity index (χ3n) is 4.85. The zero-order chi connectivity index (χ0) is 15.5. The van der Waals surface area contributed by atoms with E-state index in [1.54, 1.807) is 18.7 Å². The normalized spacial score (nSPS) is 29.1. The molecule has 0 aromatic rings. The molecule has 0 spiro atoms. The predicted molar refractivity (Wildman–Crippen MR) is 79.0 cm³/mol. The van der Waals surface area contributed by atoms with Gasteiger partial charge in [-0.15, -0.1) is 0 Å². The van der Waals surface area contributed by atoms with Gasteiger partial charge in [0, 0.05) is 13.1 Å². The maximum atomic E-state index is 12.4. The van der Waals surface area contributed by atoms with Crippen LogP contribution in [0.3, 0.4) is 0 Å². The summed E-state index contributed by atoms with van der Waals surface area (Å²) in [7, 11) is 0. The van der Waals surface area contributed by atoms with E-state index >= 15 is 0 Å². The van der Waals surface area contributed by atoms with Crippen LogP contribution in [0, 0.1) is 5.41 Å². The number of carbonyl (C=O) groups excluding carboxylic acids is 1. The summed E-state index contributed by atoms with van der Waals surface area (Å²) < 4.78 is 5.94. The fourth-order valence-corrected chi connectivity index (χ4v) is 3.31. The number of likely N-dealkylation sites (tertiary alicyclic amines) is 1. The van der Waals surface area contributed by atoms with Crippen LogP contribution in [-0.4, -0.2) is 47.2 Å². The highest BCUT2D eigenvalue weighted by atomic mass is 16.5. The number of rotatable bonds is 4. The Morgan fingerprint density at radius 1 is 1.24 bits per heavy atom. The summed E-state index contributed by atoms with van der Waals surface area (Å²) in [4.78, 5) is 25.3. The van der Waals surface area contributed by atoms with E-state index in [1.165, 1.54) is 25.7 Å². The van der Waals surface area contributed by atoms with Crippen molar-refractivity contribution in [1.82, 2.24) is 4.90 Å². The van der Waals surface area contributed by atoms with Crippen molar-refractivity contribution in [2.45, 2.75) is 71.0 Å². The second kappa shape index (κ2) is 6.77. The van der Waals surface area contributed by atoms with Crippen LogP contribution in [0.2, 0.25) is 0 Å². The third kappa shape index (κ3) is 3.96. The maximum absolute atomic E-state index is 12.4. The number of hydrogen-bond donors (Lipinski definition) is 1. The monoisotopic (exact) mass is 297 g/mol. The summed E-state index contributed by atoms with van der Waals surface area (Å²) in [5, 5.41) is 9.23. The van der Waals surface area contributed by atoms with Crippen molar-refractivity contribution < 1.29 is 19.4 Å². The Bertz CT molecular complexity index is 390. The van der Waals surface area contributed by atoms with Crippen molar-refractivity contribution in [2.75, 3.05) is 13.1 Å². The van der Waals surface area contributed by atoms with Crippen molar-refractivity contribution in [1.29, 1.82) is 0 Å². The van der Waals surface area contributed by atoms with E-state index in [1.807, 2.05) is 0 Å². The Labute approximate surface area is 126 Å². The van der Waals surface area contributed by atoms with E-state index < -0.39 is 17.5 Å². The molecule has 21 heavy (non-hydrogen) atoms. The summed E-state index contributed by atoms with van der Waals surface area (Å²) in [5.74, 6) is -0.889. The van der Waals surface area contributed by atoms with Crippen molar-refractivity contribution >= 4 is 11.9 Å². The number of amides is 1. The molecule has 2 fully saturated rings. The second-order valence-electron chi connectivity index (χ2n) is 6.77. The predicted octanol–water partition coefficient (Wildman–Crippen LogP) is 2.44. The maximum Gasteiger partial charge on any atom is 0.311 e. The molecular formula is C16H27NO4. The first kappa shape index (κ1) is 16.3. The molecule has 0 aromatic carbocycles. The Morgan fingerprint density at radius 3 is 2.38 bits per heavy atom. The lowest BCUT2D eigenvalue weighted by Crippen LogP contribution is -2.41. The van der Waals surface area contributed by atoms with Crippen molar-refractivity contribution in [2.24, 2.45) is 5.41 Å². The average molecular weight is 297 g/mol. The molecule has 1 amide bonds. The van der Waals surface area contributed by atoms with Crippen LogP contribution in [-0.2, 0) is 14.3 Å². The molecule has 2 unspecified atom stereocenters. The number of hydrogen-bond acceptors (Lipinski definition) is 3. The topological polar surface area (TPSA) is 66.8 Å². The molecule has 0 aromatic heterocycles. The number of carboxylic acids is 1. The molecule has 0 radical (unpaired) electrons. The molecule has 1 aliphatic heterocycles. The van der Waals surface area contributed by atoms with Crippen LogP contribution < -0.4 is 0 Å². The van der Waals surface area contributed by atoms with E-state index in [9.17, 15) is 14.7 Å². The minimum Gasteiger partial charge on any atom is -0.481 e. The van der Waals surface area contributed by atoms with E-state index in [0.29, 0.717) is 19.5 Å². The molecule has 1 saturated heterocycles. The molecule has 1 N–H and O–H groups in total. The van der Waals surface area contributed by atoms with Gasteiger partial charge in [0.1, 0.15) is 6.10 Å². The first-order chi connectivity index (χ1) is 9.92. The summed E-state index contributed by atoms with van der Waals surface area (Å²) in [5.41, 5.74) is -0.808. The lowest BCUT2D eigenvalue weighted by atomic mass is 9.90. The molecule has 0 bridgehead atoms. The molecule has 120 valence electrons. The first-order valence-corrected chi connectivity index (χ1v) is 8.10. The van der Waals surface area contributed by atoms with E-state index in [-0.39, 0.29) is 12.0 Å². The van der Waals surface area contributed by atoms with E-state index in [4.69, 9.17) is 4.74 Å². The summed E-state index contributed by atoms with van der Waals surface area (Å²) in [6.45, 7) is 4.31. The summed E-state index contributed by atoms with van der Waals surface area (Å²) in [6.07, 6.45) is 7.15. The van der Waals surface area contributed by atoms with Gasteiger partial charge in [-0.1, -0.05) is 25.7 Å². The molecule has 1 aliphatic carbocycles. The number of ether oxygens (including phenoxy) is 1. The van der Waals surface area contributed by atoms with E-state index in [0.717, 1.165) is 12.8 Å². The van der Waals surface area contributed by atoms with Gasteiger partial charge in [0.2, 0.25) is 0 Å². The molecule has 5 nitrogen and oxygen atoms in total. The van der Waals surface area contributed by atoms with Crippen molar-refractivity contribution in [3.05, 3.63) is 0 Å². The highest BCUT2D eigenvalue weighted by Gasteiger charge is 2.43. The van der Waals surface area contributed by atoms with Crippen LogP contribution in [0.5, 0.6) is 0 Å². The standard InChI is InChI=1S/C16H27NO4/c1-12(21-13-7-5-3-4-6-8-13)14(18)17-10-9-16(2,11-17)15(19)20/h12-13H,3-11H2,1-2H3,(H,19,20). The van der Waals surface area contributed by atoms with Crippen LogP contribution in [0.1, 0.15) is 58.8 Å². The molecule has 5 heteroatoms. The smallest absolute Gasteiger partial charge is 0.311 e. The summed E-state index contributed by atoms with van der Waals surface area (Å²) >= 11 is 0. The van der Waals surface area contributed by atoms with Crippen LogP contribution in [0.25, 0.3) is 0 Å². The largest absolute Gasteiger partial charge is 0.481 e. The van der Waals surface area contributed by atoms with Gasteiger partial charge in [-0.05, 0) is 33.1 Å². The fourth-order valence-electron chi connectivity index (χ4n) is 3.31. The SMILES string of the molecule is CC(OC1CCCCCC1)C(=O)N1CCC(C)(C(=O)O)C1. The van der Waals surface area contributed by atoms with Crippen molar-refractivity contribution in [3.8, 4) is 0 Å². The number of nitrogens with zero attached hydrogens (tertiary/aromatic N) is 1. The fraction of sp³-hybridized carbons (Fsp3) is 0.875. The zero-order valence-corrected chi connectivity index (χ0v) is 13.1. The third-order valence-corrected chi connectivity index (χ3v) is 4.85. The van der Waals surface area contributed by atoms with Gasteiger partial charge >= 0.3 is 5.97 Å². The second-order valence-corrected chi connectivity index (χ2v) is 6.77. The highest BCUT2D eigenvalue weighted by molar-refractivity contribution is 5.83. The average Bonchev–Trinajstić information content (AvgIpc) is 2.68. The van der Waals surface area contributed by atoms with Gasteiger partial charge in [0.25, 0.3) is 5.91 Å². The quantitative estimate of drug-likeness (QED) is 0.809. The van der Waals surface area contributed by atoms with Crippen LogP contribution in [0.15, 0.2) is 0 Å². The minimum atomic E-state index is -0.824. The van der Waals surface area contributed by atoms with Gasteiger partial charge in [-0.25, -0.2) is 0 Å². The van der Waals surface area contributed by atoms with Gasteiger partial charge in [0.05, 0.1) is 11.5 Å². The molecule has 2 aliphatic rings. The minimum absolute atomic E-state index is 0.0655. The Kier molecular flexibility index (Phi) is 5.25. The van der Waals surface area contributed by atoms with Gasteiger partial charge in [-0.3, -0.25) is 9.59 Å². The lowest BCUT2D eigenvalue weighted by molar-refractivity contribution is -0.149. The molecule has 1 saturated carbocycles. The summed E-state index contributed by atoms with van der Waals surface area (Å²) in [6, 6.07) is 0. The number of carboxylic acid groups (broad SMARTS) is 1. The van der Waals surface area contributed by atoms with E-state index in [2.05, 4.69) is 0 Å².